The van der Waals surface area contributed by atoms with Gasteiger partial charge in [0.1, 0.15) is 11.4 Å². The van der Waals surface area contributed by atoms with E-state index in [2.05, 4.69) is 5.32 Å². The molecule has 16 heavy (non-hydrogen) atoms. The van der Waals surface area contributed by atoms with Crippen molar-refractivity contribution >= 4 is 5.78 Å². The third-order valence-corrected chi connectivity index (χ3v) is 3.45. The van der Waals surface area contributed by atoms with Crippen LogP contribution in [0.5, 0.6) is 5.75 Å². The van der Waals surface area contributed by atoms with Crippen LogP contribution in [-0.4, -0.2) is 24.5 Å². The summed E-state index contributed by atoms with van der Waals surface area (Å²) < 4.78 is 6.05. The number of fused-ring (bicyclic) bond motifs is 1. The summed E-state index contributed by atoms with van der Waals surface area (Å²) in [5.41, 5.74) is 1.59. The van der Waals surface area contributed by atoms with Crippen LogP contribution in [0.2, 0.25) is 0 Å². The molecule has 0 saturated carbocycles. The average Bonchev–Trinajstić information content (AvgIpc) is 2.65. The van der Waals surface area contributed by atoms with E-state index in [0.29, 0.717) is 6.42 Å². The van der Waals surface area contributed by atoms with Crippen molar-refractivity contribution < 1.29 is 9.53 Å². The number of carbonyl (C=O) groups excluding carboxylic acids is 1. The van der Waals surface area contributed by atoms with Crippen LogP contribution in [0.25, 0.3) is 0 Å². The van der Waals surface area contributed by atoms with Crippen molar-refractivity contribution in [2.24, 2.45) is 0 Å². The molecule has 1 aromatic rings. The van der Waals surface area contributed by atoms with Gasteiger partial charge in [-0.3, -0.25) is 4.79 Å². The van der Waals surface area contributed by atoms with Gasteiger partial charge in [-0.2, -0.15) is 0 Å². The molecule has 2 aliphatic heterocycles. The molecule has 3 nitrogen and oxygen atoms in total. The van der Waals surface area contributed by atoms with Crippen LogP contribution >= 0.6 is 0 Å². The minimum absolute atomic E-state index is 0.213. The number of ether oxygens (including phenoxy) is 1. The second-order valence-electron chi connectivity index (χ2n) is 4.81. The second kappa shape index (κ2) is 3.32. The van der Waals surface area contributed by atoms with Gasteiger partial charge in [-0.25, -0.2) is 0 Å². The number of carbonyl (C=O) groups is 1. The molecule has 3 rings (SSSR count). The number of Topliss-reactive ketones (excluding diaryl/α,β-unsaturated/α-hetero) is 1. The highest BCUT2D eigenvalue weighted by molar-refractivity contribution is 6.00. The van der Waals surface area contributed by atoms with E-state index in [1.54, 1.807) is 0 Å². The van der Waals surface area contributed by atoms with E-state index in [1.165, 1.54) is 0 Å². The summed E-state index contributed by atoms with van der Waals surface area (Å²) in [5.74, 6) is 0.977. The molecule has 1 unspecified atom stereocenters. The number of hydrogen-bond acceptors (Lipinski definition) is 3. The highest BCUT2D eigenvalue weighted by atomic mass is 16.5. The fourth-order valence-corrected chi connectivity index (χ4v) is 2.56. The van der Waals surface area contributed by atoms with Crippen LogP contribution < -0.4 is 10.1 Å². The number of benzene rings is 1. The fourth-order valence-electron chi connectivity index (χ4n) is 2.56. The monoisotopic (exact) mass is 217 g/mol. The van der Waals surface area contributed by atoms with Gasteiger partial charge in [-0.05, 0) is 31.2 Å². The van der Waals surface area contributed by atoms with Crippen molar-refractivity contribution in [3.63, 3.8) is 0 Å². The van der Waals surface area contributed by atoms with Gasteiger partial charge in [0, 0.05) is 13.0 Å². The molecule has 0 aliphatic carbocycles. The Labute approximate surface area is 94.8 Å². The van der Waals surface area contributed by atoms with E-state index in [9.17, 15) is 4.79 Å². The number of ketones is 1. The number of aryl methyl sites for hydroxylation is 1. The van der Waals surface area contributed by atoms with Crippen LogP contribution in [-0.2, 0) is 0 Å². The maximum Gasteiger partial charge on any atom is 0.170 e. The summed E-state index contributed by atoms with van der Waals surface area (Å²) in [6.45, 7) is 3.74. The molecule has 1 saturated heterocycles. The van der Waals surface area contributed by atoms with E-state index in [4.69, 9.17) is 4.74 Å². The van der Waals surface area contributed by atoms with Crippen LogP contribution in [0.1, 0.15) is 28.8 Å². The Morgan fingerprint density at radius 3 is 3.06 bits per heavy atom. The summed E-state index contributed by atoms with van der Waals surface area (Å²) >= 11 is 0. The fraction of sp³-hybridized carbons (Fsp3) is 0.462. The molecule has 1 aromatic carbocycles. The van der Waals surface area contributed by atoms with Gasteiger partial charge in [0.25, 0.3) is 0 Å². The van der Waals surface area contributed by atoms with E-state index in [1.807, 2.05) is 25.1 Å². The molecule has 2 aliphatic rings. The quantitative estimate of drug-likeness (QED) is 0.718. The Kier molecular flexibility index (Phi) is 2.04. The van der Waals surface area contributed by atoms with Gasteiger partial charge in [-0.1, -0.05) is 6.07 Å². The normalized spacial score (nSPS) is 27.9. The van der Waals surface area contributed by atoms with Gasteiger partial charge < -0.3 is 10.1 Å². The first-order valence-corrected chi connectivity index (χ1v) is 5.72. The lowest BCUT2D eigenvalue weighted by Crippen LogP contribution is -2.43. The second-order valence-corrected chi connectivity index (χ2v) is 4.81. The van der Waals surface area contributed by atoms with Gasteiger partial charge in [0.05, 0.1) is 12.0 Å². The molecule has 0 radical (unpaired) electrons. The molecule has 0 bridgehead atoms. The molecule has 0 aromatic heterocycles. The molecule has 1 N–H and O–H groups in total. The van der Waals surface area contributed by atoms with Gasteiger partial charge in [-0.15, -0.1) is 0 Å². The summed E-state index contributed by atoms with van der Waals surface area (Å²) in [7, 11) is 0. The van der Waals surface area contributed by atoms with Gasteiger partial charge in [0.2, 0.25) is 0 Å². The van der Waals surface area contributed by atoms with Crippen molar-refractivity contribution in [2.45, 2.75) is 25.4 Å². The molecular formula is C13H15NO2. The van der Waals surface area contributed by atoms with Gasteiger partial charge in [0.15, 0.2) is 5.78 Å². The van der Waals surface area contributed by atoms with Crippen molar-refractivity contribution in [2.75, 3.05) is 13.1 Å². The highest BCUT2D eigenvalue weighted by Crippen LogP contribution is 2.36. The first kappa shape index (κ1) is 9.85. The first-order valence-electron chi connectivity index (χ1n) is 5.72. The Balaban J connectivity index is 2.03. The topological polar surface area (TPSA) is 38.3 Å². The molecule has 84 valence electrons. The first-order chi connectivity index (χ1) is 7.69. The van der Waals surface area contributed by atoms with Crippen molar-refractivity contribution in [3.8, 4) is 5.75 Å². The summed E-state index contributed by atoms with van der Waals surface area (Å²) in [5, 5.41) is 3.27. The Bertz CT molecular complexity index is 447. The minimum Gasteiger partial charge on any atom is -0.485 e. The summed E-state index contributed by atoms with van der Waals surface area (Å²) in [6.07, 6.45) is 1.43. The third-order valence-electron chi connectivity index (χ3n) is 3.45. The van der Waals surface area contributed by atoms with Gasteiger partial charge >= 0.3 is 0 Å². The lowest BCUT2D eigenvalue weighted by molar-refractivity contribution is 0.0528. The largest absolute Gasteiger partial charge is 0.485 e. The van der Waals surface area contributed by atoms with Crippen LogP contribution in [0.15, 0.2) is 18.2 Å². The minimum atomic E-state index is -0.280. The molecule has 2 heterocycles. The van der Waals surface area contributed by atoms with E-state index in [0.717, 1.165) is 36.4 Å². The Morgan fingerprint density at radius 1 is 1.44 bits per heavy atom. The number of nitrogens with one attached hydrogen (secondary N) is 1. The van der Waals surface area contributed by atoms with E-state index < -0.39 is 0 Å². The predicted octanol–water partition coefficient (Wildman–Crippen LogP) is 1.69. The molecule has 1 atom stereocenters. The predicted molar refractivity (Wildman–Crippen MR) is 61.0 cm³/mol. The van der Waals surface area contributed by atoms with Crippen molar-refractivity contribution in [3.05, 3.63) is 29.3 Å². The smallest absolute Gasteiger partial charge is 0.170 e. The van der Waals surface area contributed by atoms with Crippen molar-refractivity contribution in [1.82, 2.24) is 5.32 Å². The van der Waals surface area contributed by atoms with E-state index >= 15 is 0 Å². The van der Waals surface area contributed by atoms with Crippen LogP contribution in [0, 0.1) is 6.92 Å². The molecule has 1 fully saturated rings. The maximum absolute atomic E-state index is 12.1. The lowest BCUT2D eigenvalue weighted by Gasteiger charge is -2.34. The zero-order chi connectivity index (χ0) is 11.2. The molecule has 3 heteroatoms. The van der Waals surface area contributed by atoms with Crippen LogP contribution in [0.4, 0.5) is 0 Å². The average molecular weight is 217 g/mol. The molecule has 1 spiro atoms. The number of rotatable bonds is 0. The summed E-state index contributed by atoms with van der Waals surface area (Å²) in [6, 6.07) is 5.81. The maximum atomic E-state index is 12.1. The highest BCUT2D eigenvalue weighted by Gasteiger charge is 2.42. The number of hydrogen-bond donors (Lipinski definition) is 1. The van der Waals surface area contributed by atoms with Crippen molar-refractivity contribution in [1.29, 1.82) is 0 Å². The Morgan fingerprint density at radius 2 is 2.31 bits per heavy atom. The summed E-state index contributed by atoms with van der Waals surface area (Å²) in [4.78, 5) is 12.1. The standard InChI is InChI=1S/C13H15NO2/c1-9-2-3-10-11(15)7-13(4-5-14-8-13)16-12(10)6-9/h2-3,6,14H,4-5,7-8H2,1H3. The lowest BCUT2D eigenvalue weighted by atomic mass is 9.89. The zero-order valence-electron chi connectivity index (χ0n) is 9.38. The van der Waals surface area contributed by atoms with Crippen LogP contribution in [0.3, 0.4) is 0 Å². The third kappa shape index (κ3) is 1.43. The Hall–Kier alpha value is -1.35. The SMILES string of the molecule is Cc1ccc2c(c1)OC1(CCNC1)CC2=O. The molecular weight excluding hydrogens is 202 g/mol. The zero-order valence-corrected chi connectivity index (χ0v) is 9.38. The molecule has 0 amide bonds. The van der Waals surface area contributed by atoms with E-state index in [-0.39, 0.29) is 11.4 Å².